The van der Waals surface area contributed by atoms with Crippen molar-refractivity contribution in [3.05, 3.63) is 62.6 Å². The van der Waals surface area contributed by atoms with Crippen LogP contribution < -0.4 is 16.4 Å². The molecule has 3 aromatic heterocycles. The number of thioether (sulfide) groups is 1. The number of nitrogens with one attached hydrogen (secondary N) is 4. The fraction of sp³-hybridized carbons (Fsp3) is 0.273. The predicted octanol–water partition coefficient (Wildman–Crippen LogP) is 3.09. The Morgan fingerprint density at radius 3 is 2.81 bits per heavy atom. The molecule has 10 heteroatoms. The molecule has 1 aromatic carbocycles. The second-order valence-electron chi connectivity index (χ2n) is 7.50. The highest BCUT2D eigenvalue weighted by molar-refractivity contribution is 7.99. The van der Waals surface area contributed by atoms with Crippen LogP contribution in [0.1, 0.15) is 28.8 Å². The van der Waals surface area contributed by atoms with Gasteiger partial charge in [-0.1, -0.05) is 18.2 Å². The standard InChI is InChI=1S/C22H23N5O3S2/c1-11-12(2)32-22-19(11)21(30)24-17(25-22)10-31-13(3)20(29)27-26-18(28)8-14-9-23-16-7-5-4-6-15(14)16/h4-7,9,13,23H,8,10H2,1-3H3,(H,26,28)(H,27,29)(H,24,25,30). The lowest BCUT2D eigenvalue weighted by Crippen LogP contribution is -2.45. The lowest BCUT2D eigenvalue weighted by molar-refractivity contribution is -0.128. The fourth-order valence-electron chi connectivity index (χ4n) is 3.38. The second-order valence-corrected chi connectivity index (χ2v) is 10.0. The third-order valence-electron chi connectivity index (χ3n) is 5.28. The first-order chi connectivity index (χ1) is 15.3. The van der Waals surface area contributed by atoms with Crippen molar-refractivity contribution in [3.63, 3.8) is 0 Å². The summed E-state index contributed by atoms with van der Waals surface area (Å²) in [6.45, 7) is 5.62. The molecule has 166 valence electrons. The predicted molar refractivity (Wildman–Crippen MR) is 129 cm³/mol. The highest BCUT2D eigenvalue weighted by atomic mass is 32.2. The fourth-order valence-corrected chi connectivity index (χ4v) is 5.18. The number of hydrogen-bond acceptors (Lipinski definition) is 6. The molecule has 0 fully saturated rings. The van der Waals surface area contributed by atoms with E-state index in [9.17, 15) is 14.4 Å². The summed E-state index contributed by atoms with van der Waals surface area (Å²) in [6, 6.07) is 7.73. The molecule has 1 unspecified atom stereocenters. The Bertz CT molecular complexity index is 1370. The van der Waals surface area contributed by atoms with Crippen LogP contribution in [-0.4, -0.2) is 32.0 Å². The summed E-state index contributed by atoms with van der Waals surface area (Å²) in [4.78, 5) is 49.2. The van der Waals surface area contributed by atoms with Crippen LogP contribution in [0.3, 0.4) is 0 Å². The van der Waals surface area contributed by atoms with E-state index in [0.29, 0.717) is 21.8 Å². The molecule has 3 heterocycles. The van der Waals surface area contributed by atoms with E-state index < -0.39 is 5.25 Å². The SMILES string of the molecule is Cc1sc2nc(CSC(C)C(=O)NNC(=O)Cc3c[nH]c4ccccc34)[nH]c(=O)c2c1C. The minimum Gasteiger partial charge on any atom is -0.361 e. The summed E-state index contributed by atoms with van der Waals surface area (Å²) >= 11 is 2.82. The Hall–Kier alpha value is -3.11. The van der Waals surface area contributed by atoms with Gasteiger partial charge in [0.05, 0.1) is 22.8 Å². The van der Waals surface area contributed by atoms with Gasteiger partial charge in [-0.05, 0) is 38.0 Å². The van der Waals surface area contributed by atoms with Crippen LogP contribution in [0.25, 0.3) is 21.1 Å². The summed E-state index contributed by atoms with van der Waals surface area (Å²) in [5.74, 6) is 0.268. The van der Waals surface area contributed by atoms with Gasteiger partial charge in [0.2, 0.25) is 5.91 Å². The molecule has 0 aliphatic heterocycles. The van der Waals surface area contributed by atoms with Crippen molar-refractivity contribution >= 4 is 56.0 Å². The number of carbonyl (C=O) groups excluding carboxylic acids is 2. The third-order valence-corrected chi connectivity index (χ3v) is 7.53. The average Bonchev–Trinajstić information content (AvgIpc) is 3.30. The zero-order valence-corrected chi connectivity index (χ0v) is 19.5. The Labute approximate surface area is 192 Å². The summed E-state index contributed by atoms with van der Waals surface area (Å²) < 4.78 is 0. The van der Waals surface area contributed by atoms with Gasteiger partial charge in [0.15, 0.2) is 0 Å². The number of carbonyl (C=O) groups is 2. The number of hydrogen-bond donors (Lipinski definition) is 4. The molecule has 32 heavy (non-hydrogen) atoms. The molecule has 0 spiro atoms. The highest BCUT2D eigenvalue weighted by Gasteiger charge is 2.17. The van der Waals surface area contributed by atoms with Crippen LogP contribution in [0.4, 0.5) is 0 Å². The number of aryl methyl sites for hydroxylation is 2. The number of H-pyrrole nitrogens is 2. The van der Waals surface area contributed by atoms with Crippen molar-refractivity contribution in [3.8, 4) is 0 Å². The van der Waals surface area contributed by atoms with Gasteiger partial charge in [-0.15, -0.1) is 23.1 Å². The topological polar surface area (TPSA) is 120 Å². The van der Waals surface area contributed by atoms with Crippen molar-refractivity contribution in [2.75, 3.05) is 0 Å². The van der Waals surface area contributed by atoms with Gasteiger partial charge in [-0.25, -0.2) is 4.98 Å². The number of rotatable bonds is 6. The smallest absolute Gasteiger partial charge is 0.259 e. The summed E-state index contributed by atoms with van der Waals surface area (Å²) in [5.41, 5.74) is 7.56. The van der Waals surface area contributed by atoms with Crippen LogP contribution in [0, 0.1) is 13.8 Å². The first-order valence-corrected chi connectivity index (χ1v) is 11.9. The van der Waals surface area contributed by atoms with E-state index in [1.54, 1.807) is 13.1 Å². The number of thiophene rings is 1. The molecule has 0 aliphatic carbocycles. The van der Waals surface area contributed by atoms with Crippen molar-refractivity contribution in [1.29, 1.82) is 0 Å². The maximum Gasteiger partial charge on any atom is 0.259 e. The Kier molecular flexibility index (Phi) is 6.33. The van der Waals surface area contributed by atoms with Crippen LogP contribution in [0.15, 0.2) is 35.3 Å². The van der Waals surface area contributed by atoms with Crippen LogP contribution in [-0.2, 0) is 21.8 Å². The van der Waals surface area contributed by atoms with E-state index in [-0.39, 0.29) is 23.8 Å². The number of benzene rings is 1. The van der Waals surface area contributed by atoms with Crippen molar-refractivity contribution in [1.82, 2.24) is 25.8 Å². The van der Waals surface area contributed by atoms with Gasteiger partial charge in [-0.2, -0.15) is 0 Å². The van der Waals surface area contributed by atoms with Crippen LogP contribution in [0.2, 0.25) is 0 Å². The maximum atomic E-state index is 12.4. The maximum absolute atomic E-state index is 12.4. The molecular formula is C22H23N5O3S2. The zero-order chi connectivity index (χ0) is 22.8. The molecule has 4 N–H and O–H groups in total. The van der Waals surface area contributed by atoms with E-state index in [1.807, 2.05) is 38.1 Å². The normalized spacial score (nSPS) is 12.2. The van der Waals surface area contributed by atoms with Crippen LogP contribution >= 0.6 is 23.1 Å². The van der Waals surface area contributed by atoms with Gasteiger partial charge in [0.1, 0.15) is 10.7 Å². The van der Waals surface area contributed by atoms with Gasteiger partial charge in [0, 0.05) is 22.0 Å². The van der Waals surface area contributed by atoms with Crippen molar-refractivity contribution in [2.45, 2.75) is 38.2 Å². The Morgan fingerprint density at radius 2 is 2.00 bits per heavy atom. The molecular weight excluding hydrogens is 446 g/mol. The molecule has 4 aromatic rings. The molecule has 0 saturated heterocycles. The molecule has 0 bridgehead atoms. The van der Waals surface area contributed by atoms with E-state index >= 15 is 0 Å². The van der Waals surface area contributed by atoms with Gasteiger partial charge in [0.25, 0.3) is 11.5 Å². The average molecular weight is 470 g/mol. The quantitative estimate of drug-likeness (QED) is 0.324. The molecule has 2 amide bonds. The van der Waals surface area contributed by atoms with E-state index in [2.05, 4.69) is 25.8 Å². The number of fused-ring (bicyclic) bond motifs is 2. The molecule has 0 saturated carbocycles. The number of nitrogens with zero attached hydrogens (tertiary/aromatic N) is 1. The number of amides is 2. The number of aromatic nitrogens is 3. The largest absolute Gasteiger partial charge is 0.361 e. The summed E-state index contributed by atoms with van der Waals surface area (Å²) in [5, 5.41) is 1.16. The number of aromatic amines is 2. The van der Waals surface area contributed by atoms with Gasteiger partial charge in [-0.3, -0.25) is 25.2 Å². The minimum absolute atomic E-state index is 0.149. The van der Waals surface area contributed by atoms with Crippen molar-refractivity contribution in [2.24, 2.45) is 0 Å². The minimum atomic E-state index is -0.448. The summed E-state index contributed by atoms with van der Waals surface area (Å²) in [7, 11) is 0. The number of hydrazine groups is 1. The molecule has 0 radical (unpaired) electrons. The third kappa shape index (κ3) is 4.56. The monoisotopic (exact) mass is 469 g/mol. The first kappa shape index (κ1) is 22.1. The molecule has 1 atom stereocenters. The van der Waals surface area contributed by atoms with Crippen molar-refractivity contribution < 1.29 is 9.59 Å². The Balaban J connectivity index is 1.30. The second kappa shape index (κ2) is 9.17. The Morgan fingerprint density at radius 1 is 1.22 bits per heavy atom. The summed E-state index contributed by atoms with van der Waals surface area (Å²) in [6.07, 6.45) is 1.95. The van der Waals surface area contributed by atoms with E-state index in [4.69, 9.17) is 0 Å². The van der Waals surface area contributed by atoms with Gasteiger partial charge < -0.3 is 9.97 Å². The lowest BCUT2D eigenvalue weighted by Gasteiger charge is -2.12. The molecule has 0 aliphatic rings. The highest BCUT2D eigenvalue weighted by Crippen LogP contribution is 2.26. The van der Waals surface area contributed by atoms with E-state index in [0.717, 1.165) is 26.9 Å². The lowest BCUT2D eigenvalue weighted by atomic mass is 10.1. The molecule has 8 nitrogen and oxygen atoms in total. The van der Waals surface area contributed by atoms with E-state index in [1.165, 1.54) is 23.1 Å². The zero-order valence-electron chi connectivity index (χ0n) is 17.9. The van der Waals surface area contributed by atoms with Gasteiger partial charge >= 0.3 is 0 Å². The number of para-hydroxylation sites is 1. The van der Waals surface area contributed by atoms with Crippen LogP contribution in [0.5, 0.6) is 0 Å². The molecule has 4 rings (SSSR count). The first-order valence-electron chi connectivity index (χ1n) is 10.1.